The number of rotatable bonds is 6. The minimum atomic E-state index is -0.490. The van der Waals surface area contributed by atoms with Gasteiger partial charge in [-0.3, -0.25) is 9.36 Å². The van der Waals surface area contributed by atoms with Crippen LogP contribution in [0.3, 0.4) is 0 Å². The number of hydrogen-bond acceptors (Lipinski definition) is 6. The zero-order chi connectivity index (χ0) is 20.1. The van der Waals surface area contributed by atoms with Crippen molar-refractivity contribution in [3.8, 4) is 5.69 Å². The van der Waals surface area contributed by atoms with Crippen molar-refractivity contribution < 1.29 is 14.3 Å². The highest BCUT2D eigenvalue weighted by atomic mass is 32.2. The summed E-state index contributed by atoms with van der Waals surface area (Å²) in [5.41, 5.74) is 1.29. The maximum atomic E-state index is 12.4. The Morgan fingerprint density at radius 1 is 1.21 bits per heavy atom. The van der Waals surface area contributed by atoms with Crippen molar-refractivity contribution in [3.05, 3.63) is 35.7 Å². The molecule has 0 spiro atoms. The fourth-order valence-corrected chi connectivity index (χ4v) is 4.11. The molecule has 150 valence electrons. The van der Waals surface area contributed by atoms with Gasteiger partial charge in [0.15, 0.2) is 11.8 Å². The fourth-order valence-electron chi connectivity index (χ4n) is 3.57. The Kier molecular flexibility index (Phi) is 6.72. The second kappa shape index (κ2) is 9.23. The number of benzene rings is 1. The average Bonchev–Trinajstić information content (AvgIpc) is 3.12. The SMILES string of the molecule is CCC1CCCCN1C(=O)COC(=O)c1ccc(-n2c(C)nnc2SC)cc1. The molecule has 1 unspecified atom stereocenters. The quantitative estimate of drug-likeness (QED) is 0.545. The summed E-state index contributed by atoms with van der Waals surface area (Å²) in [6, 6.07) is 7.30. The Balaban J connectivity index is 1.62. The Morgan fingerprint density at radius 2 is 1.96 bits per heavy atom. The summed E-state index contributed by atoms with van der Waals surface area (Å²) in [6.07, 6.45) is 6.06. The van der Waals surface area contributed by atoms with Crippen LogP contribution in [0.4, 0.5) is 0 Å². The van der Waals surface area contributed by atoms with Gasteiger partial charge in [0.1, 0.15) is 5.82 Å². The van der Waals surface area contributed by atoms with Crippen molar-refractivity contribution in [2.75, 3.05) is 19.4 Å². The topological polar surface area (TPSA) is 77.3 Å². The number of piperidine rings is 1. The standard InChI is InChI=1S/C20H26N4O3S/c1-4-16-7-5-6-12-23(16)18(25)13-27-19(26)15-8-10-17(11-9-15)24-14(2)21-22-20(24)28-3/h8-11,16H,4-7,12-13H2,1-3H3. The van der Waals surface area contributed by atoms with Gasteiger partial charge in [0.2, 0.25) is 0 Å². The van der Waals surface area contributed by atoms with E-state index in [1.54, 1.807) is 12.1 Å². The average molecular weight is 403 g/mol. The molecule has 1 aromatic heterocycles. The van der Waals surface area contributed by atoms with Crippen LogP contribution in [-0.4, -0.2) is 57.0 Å². The first-order chi connectivity index (χ1) is 13.5. The number of carbonyl (C=O) groups excluding carboxylic acids is 2. The van der Waals surface area contributed by atoms with E-state index >= 15 is 0 Å². The first-order valence-corrected chi connectivity index (χ1v) is 10.8. The van der Waals surface area contributed by atoms with Crippen LogP contribution in [0.5, 0.6) is 0 Å². The van der Waals surface area contributed by atoms with E-state index in [0.29, 0.717) is 5.56 Å². The molecule has 3 rings (SSSR count). The van der Waals surface area contributed by atoms with Gasteiger partial charge >= 0.3 is 5.97 Å². The van der Waals surface area contributed by atoms with E-state index in [1.165, 1.54) is 11.8 Å². The van der Waals surface area contributed by atoms with Crippen LogP contribution >= 0.6 is 11.8 Å². The van der Waals surface area contributed by atoms with Gasteiger partial charge in [0, 0.05) is 18.3 Å². The van der Waals surface area contributed by atoms with Crippen molar-refractivity contribution in [3.63, 3.8) is 0 Å². The minimum Gasteiger partial charge on any atom is -0.452 e. The van der Waals surface area contributed by atoms with Crippen molar-refractivity contribution >= 4 is 23.6 Å². The zero-order valence-corrected chi connectivity index (χ0v) is 17.4. The highest BCUT2D eigenvalue weighted by Gasteiger charge is 2.26. The van der Waals surface area contributed by atoms with Gasteiger partial charge in [-0.15, -0.1) is 10.2 Å². The maximum Gasteiger partial charge on any atom is 0.338 e. The van der Waals surface area contributed by atoms with E-state index < -0.39 is 5.97 Å². The second-order valence-electron chi connectivity index (χ2n) is 6.84. The minimum absolute atomic E-state index is 0.110. The molecule has 1 amide bonds. The van der Waals surface area contributed by atoms with Gasteiger partial charge in [-0.05, 0) is 63.1 Å². The van der Waals surface area contributed by atoms with E-state index in [4.69, 9.17) is 4.74 Å². The van der Waals surface area contributed by atoms with E-state index in [2.05, 4.69) is 17.1 Å². The number of carbonyl (C=O) groups is 2. The molecule has 1 aromatic carbocycles. The molecule has 7 nitrogen and oxygen atoms in total. The van der Waals surface area contributed by atoms with Crippen LogP contribution < -0.4 is 0 Å². The maximum absolute atomic E-state index is 12.4. The van der Waals surface area contributed by atoms with Gasteiger partial charge in [-0.1, -0.05) is 18.7 Å². The van der Waals surface area contributed by atoms with Crippen LogP contribution in [0.1, 0.15) is 48.8 Å². The number of ether oxygens (including phenoxy) is 1. The molecule has 8 heteroatoms. The normalized spacial score (nSPS) is 16.8. The molecule has 1 atom stereocenters. The lowest BCUT2D eigenvalue weighted by Crippen LogP contribution is -2.45. The number of nitrogens with zero attached hydrogens (tertiary/aromatic N) is 4. The zero-order valence-electron chi connectivity index (χ0n) is 16.6. The van der Waals surface area contributed by atoms with Gasteiger partial charge in [0.25, 0.3) is 5.91 Å². The number of thioether (sulfide) groups is 1. The van der Waals surface area contributed by atoms with Crippen molar-refractivity contribution in [1.29, 1.82) is 0 Å². The number of amides is 1. The number of hydrogen-bond donors (Lipinski definition) is 0. The molecule has 2 aromatic rings. The van der Waals surface area contributed by atoms with Gasteiger partial charge < -0.3 is 9.64 Å². The Hall–Kier alpha value is -2.35. The summed E-state index contributed by atoms with van der Waals surface area (Å²) >= 11 is 1.50. The predicted octanol–water partition coefficient (Wildman–Crippen LogP) is 3.25. The molecule has 1 aliphatic heterocycles. The highest BCUT2D eigenvalue weighted by molar-refractivity contribution is 7.98. The molecule has 0 radical (unpaired) electrons. The molecule has 2 heterocycles. The Labute approximate surface area is 169 Å². The van der Waals surface area contributed by atoms with E-state index in [0.717, 1.165) is 48.9 Å². The van der Waals surface area contributed by atoms with Crippen LogP contribution in [-0.2, 0) is 9.53 Å². The molecule has 0 bridgehead atoms. The smallest absolute Gasteiger partial charge is 0.338 e. The molecule has 0 saturated carbocycles. The summed E-state index contributed by atoms with van der Waals surface area (Å²) in [7, 11) is 0. The summed E-state index contributed by atoms with van der Waals surface area (Å²) in [5, 5.41) is 8.99. The number of esters is 1. The molecular formula is C20H26N4O3S. The number of aryl methyl sites for hydroxylation is 1. The summed E-state index contributed by atoms with van der Waals surface area (Å²) in [5.74, 6) is 0.175. The Bertz CT molecular complexity index is 834. The van der Waals surface area contributed by atoms with E-state index in [1.807, 2.05) is 34.8 Å². The molecular weight excluding hydrogens is 376 g/mol. The highest BCUT2D eigenvalue weighted by Crippen LogP contribution is 2.21. The lowest BCUT2D eigenvalue weighted by molar-refractivity contribution is -0.138. The molecule has 1 fully saturated rings. The molecule has 0 N–H and O–H groups in total. The third kappa shape index (κ3) is 4.38. The van der Waals surface area contributed by atoms with E-state index in [9.17, 15) is 9.59 Å². The largest absolute Gasteiger partial charge is 0.452 e. The third-order valence-electron chi connectivity index (χ3n) is 5.08. The van der Waals surface area contributed by atoms with Gasteiger partial charge in [-0.25, -0.2) is 4.79 Å². The predicted molar refractivity (Wildman–Crippen MR) is 108 cm³/mol. The lowest BCUT2D eigenvalue weighted by Gasteiger charge is -2.35. The van der Waals surface area contributed by atoms with E-state index in [-0.39, 0.29) is 18.6 Å². The van der Waals surface area contributed by atoms with Crippen LogP contribution in [0.15, 0.2) is 29.4 Å². The number of likely N-dealkylation sites (tertiary alicyclic amines) is 1. The van der Waals surface area contributed by atoms with Crippen LogP contribution in [0, 0.1) is 6.92 Å². The van der Waals surface area contributed by atoms with Crippen LogP contribution in [0.25, 0.3) is 5.69 Å². The van der Waals surface area contributed by atoms with Gasteiger partial charge in [0.05, 0.1) is 5.56 Å². The monoisotopic (exact) mass is 402 g/mol. The summed E-state index contributed by atoms with van der Waals surface area (Å²) < 4.78 is 7.19. The van der Waals surface area contributed by atoms with Crippen molar-refractivity contribution in [2.45, 2.75) is 50.7 Å². The van der Waals surface area contributed by atoms with Crippen LogP contribution in [0.2, 0.25) is 0 Å². The Morgan fingerprint density at radius 3 is 2.64 bits per heavy atom. The fraction of sp³-hybridized carbons (Fsp3) is 0.500. The summed E-state index contributed by atoms with van der Waals surface area (Å²) in [6.45, 7) is 4.51. The number of aromatic nitrogens is 3. The first-order valence-electron chi connectivity index (χ1n) is 9.58. The third-order valence-corrected chi connectivity index (χ3v) is 5.71. The molecule has 0 aliphatic carbocycles. The second-order valence-corrected chi connectivity index (χ2v) is 7.61. The van der Waals surface area contributed by atoms with Crippen molar-refractivity contribution in [1.82, 2.24) is 19.7 Å². The molecule has 28 heavy (non-hydrogen) atoms. The van der Waals surface area contributed by atoms with Gasteiger partial charge in [-0.2, -0.15) is 0 Å². The summed E-state index contributed by atoms with van der Waals surface area (Å²) in [4.78, 5) is 26.7. The van der Waals surface area contributed by atoms with Crippen molar-refractivity contribution in [2.24, 2.45) is 0 Å². The first kappa shape index (κ1) is 20.4. The molecule has 1 saturated heterocycles. The lowest BCUT2D eigenvalue weighted by atomic mass is 10.00. The molecule has 1 aliphatic rings.